The van der Waals surface area contributed by atoms with Crippen molar-refractivity contribution >= 4 is 17.3 Å². The molecule has 0 bridgehead atoms. The van der Waals surface area contributed by atoms with Crippen molar-refractivity contribution in [2.24, 2.45) is 5.10 Å². The molecule has 0 saturated heterocycles. The lowest BCUT2D eigenvalue weighted by atomic mass is 9.99. The van der Waals surface area contributed by atoms with Crippen molar-refractivity contribution in [1.29, 1.82) is 0 Å². The Bertz CT molecular complexity index is 622. The highest BCUT2D eigenvalue weighted by molar-refractivity contribution is 6.30. The van der Waals surface area contributed by atoms with Crippen LogP contribution in [0.4, 0.5) is 4.39 Å². The lowest BCUT2D eigenvalue weighted by Crippen LogP contribution is -2.11. The van der Waals surface area contributed by atoms with Gasteiger partial charge in [0.05, 0.1) is 11.8 Å². The second-order valence-corrected chi connectivity index (χ2v) is 4.91. The molecule has 4 heteroatoms. The van der Waals surface area contributed by atoms with E-state index in [0.717, 1.165) is 11.3 Å². The van der Waals surface area contributed by atoms with E-state index in [0.29, 0.717) is 17.0 Å². The summed E-state index contributed by atoms with van der Waals surface area (Å²) in [5.74, 6) is -0.201. The van der Waals surface area contributed by atoms with Crippen LogP contribution in [0, 0.1) is 5.82 Å². The third-order valence-corrected chi connectivity index (χ3v) is 3.46. The number of benzene rings is 2. The Morgan fingerprint density at radius 2 is 1.84 bits per heavy atom. The maximum Gasteiger partial charge on any atom is 0.128 e. The van der Waals surface area contributed by atoms with Gasteiger partial charge in [-0.25, -0.2) is 4.39 Å². The molecule has 96 valence electrons. The second-order valence-electron chi connectivity index (χ2n) is 4.47. The SMILES string of the molecule is Fc1ccccc1C1CC(c2ccc(Cl)cc2)=NN1. The van der Waals surface area contributed by atoms with Gasteiger partial charge in [0.15, 0.2) is 0 Å². The van der Waals surface area contributed by atoms with E-state index in [4.69, 9.17) is 11.6 Å². The van der Waals surface area contributed by atoms with Crippen LogP contribution in [0.15, 0.2) is 53.6 Å². The lowest BCUT2D eigenvalue weighted by molar-refractivity contribution is 0.549. The monoisotopic (exact) mass is 274 g/mol. The first-order valence-corrected chi connectivity index (χ1v) is 6.44. The highest BCUT2D eigenvalue weighted by Crippen LogP contribution is 2.26. The summed E-state index contributed by atoms with van der Waals surface area (Å²) in [6, 6.07) is 14.2. The van der Waals surface area contributed by atoms with E-state index in [1.165, 1.54) is 6.07 Å². The Hall–Kier alpha value is -1.87. The maximum absolute atomic E-state index is 13.7. The summed E-state index contributed by atoms with van der Waals surface area (Å²) >= 11 is 5.86. The van der Waals surface area contributed by atoms with E-state index >= 15 is 0 Å². The van der Waals surface area contributed by atoms with Crippen LogP contribution in [0.1, 0.15) is 23.6 Å². The van der Waals surface area contributed by atoms with Crippen LogP contribution in [0.3, 0.4) is 0 Å². The predicted octanol–water partition coefficient (Wildman–Crippen LogP) is 3.92. The zero-order valence-corrected chi connectivity index (χ0v) is 10.9. The van der Waals surface area contributed by atoms with Gasteiger partial charge in [0.1, 0.15) is 5.82 Å². The fraction of sp³-hybridized carbons (Fsp3) is 0.133. The minimum atomic E-state index is -0.201. The van der Waals surface area contributed by atoms with Crippen LogP contribution in [-0.4, -0.2) is 5.71 Å². The largest absolute Gasteiger partial charge is 0.302 e. The molecule has 0 aromatic heterocycles. The van der Waals surface area contributed by atoms with E-state index in [-0.39, 0.29) is 11.9 Å². The van der Waals surface area contributed by atoms with E-state index in [2.05, 4.69) is 10.5 Å². The first-order chi connectivity index (χ1) is 9.24. The summed E-state index contributed by atoms with van der Waals surface area (Å²) < 4.78 is 13.7. The molecule has 2 nitrogen and oxygen atoms in total. The molecule has 1 unspecified atom stereocenters. The molecule has 1 atom stereocenters. The molecule has 2 aromatic carbocycles. The molecule has 19 heavy (non-hydrogen) atoms. The smallest absolute Gasteiger partial charge is 0.128 e. The normalized spacial score (nSPS) is 18.0. The predicted molar refractivity (Wildman–Crippen MR) is 74.9 cm³/mol. The molecule has 1 N–H and O–H groups in total. The van der Waals surface area contributed by atoms with Gasteiger partial charge in [0.25, 0.3) is 0 Å². The van der Waals surface area contributed by atoms with Crippen molar-refractivity contribution in [2.45, 2.75) is 12.5 Å². The third kappa shape index (κ3) is 2.47. The van der Waals surface area contributed by atoms with Crippen LogP contribution in [0.25, 0.3) is 0 Å². The topological polar surface area (TPSA) is 24.4 Å². The number of hydrogen-bond donors (Lipinski definition) is 1. The van der Waals surface area contributed by atoms with Crippen molar-refractivity contribution in [3.8, 4) is 0 Å². The van der Waals surface area contributed by atoms with Crippen LogP contribution in [0.5, 0.6) is 0 Å². The fourth-order valence-corrected chi connectivity index (χ4v) is 2.33. The Morgan fingerprint density at radius 1 is 1.11 bits per heavy atom. The molecule has 3 rings (SSSR count). The van der Waals surface area contributed by atoms with E-state index in [1.54, 1.807) is 12.1 Å². The summed E-state index contributed by atoms with van der Waals surface area (Å²) in [5.41, 5.74) is 5.57. The maximum atomic E-state index is 13.7. The Kier molecular flexibility index (Phi) is 3.22. The minimum Gasteiger partial charge on any atom is -0.302 e. The zero-order chi connectivity index (χ0) is 13.2. The molecule has 1 aliphatic rings. The van der Waals surface area contributed by atoms with Crippen molar-refractivity contribution in [1.82, 2.24) is 5.43 Å². The van der Waals surface area contributed by atoms with Gasteiger partial charge in [-0.05, 0) is 23.8 Å². The summed E-state index contributed by atoms with van der Waals surface area (Å²) in [7, 11) is 0. The average Bonchev–Trinajstić information content (AvgIpc) is 2.89. The van der Waals surface area contributed by atoms with Gasteiger partial charge in [-0.3, -0.25) is 0 Å². The number of hydrogen-bond acceptors (Lipinski definition) is 2. The van der Waals surface area contributed by atoms with Crippen molar-refractivity contribution in [2.75, 3.05) is 0 Å². The lowest BCUT2D eigenvalue weighted by Gasteiger charge is -2.10. The van der Waals surface area contributed by atoms with Gasteiger partial charge in [-0.2, -0.15) is 5.10 Å². The van der Waals surface area contributed by atoms with Crippen LogP contribution in [-0.2, 0) is 0 Å². The summed E-state index contributed by atoms with van der Waals surface area (Å²) in [6.07, 6.45) is 0.669. The van der Waals surface area contributed by atoms with E-state index in [1.807, 2.05) is 30.3 Å². The first kappa shape index (κ1) is 12.2. The summed E-state index contributed by atoms with van der Waals surface area (Å²) in [4.78, 5) is 0. The highest BCUT2D eigenvalue weighted by Gasteiger charge is 2.23. The molecule has 1 aliphatic heterocycles. The van der Waals surface area contributed by atoms with E-state index in [9.17, 15) is 4.39 Å². The van der Waals surface area contributed by atoms with Crippen molar-refractivity contribution in [3.05, 3.63) is 70.5 Å². The van der Waals surface area contributed by atoms with Crippen molar-refractivity contribution in [3.63, 3.8) is 0 Å². The molecular weight excluding hydrogens is 263 g/mol. The van der Waals surface area contributed by atoms with Gasteiger partial charge in [-0.15, -0.1) is 0 Å². The molecule has 0 spiro atoms. The number of rotatable bonds is 2. The molecule has 0 saturated carbocycles. The Labute approximate surface area is 115 Å². The number of hydrazone groups is 1. The Morgan fingerprint density at radius 3 is 2.58 bits per heavy atom. The molecule has 1 heterocycles. The fourth-order valence-electron chi connectivity index (χ4n) is 2.20. The zero-order valence-electron chi connectivity index (χ0n) is 10.1. The second kappa shape index (κ2) is 5.02. The number of nitrogens with one attached hydrogen (secondary N) is 1. The average molecular weight is 275 g/mol. The van der Waals surface area contributed by atoms with Crippen LogP contribution < -0.4 is 5.43 Å². The van der Waals surface area contributed by atoms with Gasteiger partial charge < -0.3 is 5.43 Å². The number of halogens is 2. The first-order valence-electron chi connectivity index (χ1n) is 6.06. The summed E-state index contributed by atoms with van der Waals surface area (Å²) in [6.45, 7) is 0. The van der Waals surface area contributed by atoms with Gasteiger partial charge in [-0.1, -0.05) is 41.9 Å². The summed E-state index contributed by atoms with van der Waals surface area (Å²) in [5, 5.41) is 4.99. The minimum absolute atomic E-state index is 0.105. The molecule has 2 aromatic rings. The standard InChI is InChI=1S/C15H12ClFN2/c16-11-7-5-10(6-8-11)14-9-15(19-18-14)12-3-1-2-4-13(12)17/h1-8,15,19H,9H2. The molecule has 0 aliphatic carbocycles. The highest BCUT2D eigenvalue weighted by atomic mass is 35.5. The molecular formula is C15H12ClFN2. The molecule has 0 fully saturated rings. The molecule has 0 radical (unpaired) electrons. The van der Waals surface area contributed by atoms with E-state index < -0.39 is 0 Å². The van der Waals surface area contributed by atoms with Gasteiger partial charge >= 0.3 is 0 Å². The van der Waals surface area contributed by atoms with Crippen LogP contribution >= 0.6 is 11.6 Å². The van der Waals surface area contributed by atoms with Gasteiger partial charge in [0, 0.05) is 17.0 Å². The van der Waals surface area contributed by atoms with Gasteiger partial charge in [0.2, 0.25) is 0 Å². The third-order valence-electron chi connectivity index (χ3n) is 3.21. The molecule has 0 amide bonds. The quantitative estimate of drug-likeness (QED) is 0.882. The van der Waals surface area contributed by atoms with Crippen LogP contribution in [0.2, 0.25) is 5.02 Å². The Balaban J connectivity index is 1.80. The van der Waals surface area contributed by atoms with Crippen molar-refractivity contribution < 1.29 is 4.39 Å². The number of nitrogens with zero attached hydrogens (tertiary/aromatic N) is 1.